The van der Waals surface area contributed by atoms with Gasteiger partial charge in [-0.25, -0.2) is 23.2 Å². The molecule has 2 aliphatic heterocycles. The highest BCUT2D eigenvalue weighted by molar-refractivity contribution is 7.92. The number of nitrogens with zero attached hydrogens (tertiary/aromatic N) is 7. The summed E-state index contributed by atoms with van der Waals surface area (Å²) in [7, 11) is 3.54. The highest BCUT2D eigenvalue weighted by Gasteiger charge is 2.30. The van der Waals surface area contributed by atoms with Crippen LogP contribution in [0.2, 0.25) is 0 Å². The van der Waals surface area contributed by atoms with Crippen molar-refractivity contribution in [1.29, 1.82) is 0 Å². The SMILES string of the molecule is CC(=O)Nc1ccc(S(=O)(=O)N(C)c2ccc3c(c2)nc(C(C)(C)C)n3CC2CCCCN2C)cc1.COC(=O)Nc1ccc2c(c1)nc(C(C)(C)C)n2CC1CCCCN1C. The Morgan fingerprint density at radius 2 is 1.21 bits per heavy atom. The summed E-state index contributed by atoms with van der Waals surface area (Å²) in [5, 5.41) is 5.38. The van der Waals surface area contributed by atoms with Gasteiger partial charge in [0.25, 0.3) is 10.0 Å². The van der Waals surface area contributed by atoms with Crippen LogP contribution in [0.1, 0.15) is 98.6 Å². The summed E-state index contributed by atoms with van der Waals surface area (Å²) in [4.78, 5) is 37.7. The van der Waals surface area contributed by atoms with Gasteiger partial charge in [-0.3, -0.25) is 14.4 Å². The van der Waals surface area contributed by atoms with Gasteiger partial charge in [-0.1, -0.05) is 54.4 Å². The van der Waals surface area contributed by atoms with Gasteiger partial charge in [0.1, 0.15) is 11.6 Å². The number of hydrogen-bond donors (Lipinski definition) is 2. The molecule has 4 heterocycles. The minimum absolute atomic E-state index is 0.0534. The molecule has 0 radical (unpaired) electrons. The van der Waals surface area contributed by atoms with Crippen molar-refractivity contribution < 1.29 is 22.7 Å². The molecule has 14 nitrogen and oxygen atoms in total. The summed E-state index contributed by atoms with van der Waals surface area (Å²) in [6.07, 6.45) is 6.98. The molecule has 15 heteroatoms. The van der Waals surface area contributed by atoms with E-state index < -0.39 is 16.1 Å². The standard InChI is InChI=1S/C27H37N5O3S.C20H30N4O2/c1-19(33)28-20-10-13-23(14-11-20)36(34,35)31(6)21-12-15-25-24(17-21)29-26(27(2,3)4)32(25)18-22-9-7-8-16-30(22)5;1-20(2,3)18-22-16-12-14(21-19(25)26-5)9-10-17(16)24(18)13-15-8-6-7-11-23(15)4/h10-15,17,22H,7-9,16,18H2,1-6H3,(H,28,33);9-10,12,15H,6-8,11,13H2,1-5H3,(H,21,25). The third-order valence-electron chi connectivity index (χ3n) is 12.1. The first kappa shape index (κ1) is 46.5. The van der Waals surface area contributed by atoms with E-state index in [0.717, 1.165) is 59.9 Å². The van der Waals surface area contributed by atoms with Crippen LogP contribution in [-0.4, -0.2) is 103 Å². The van der Waals surface area contributed by atoms with Crippen LogP contribution in [0.5, 0.6) is 0 Å². The van der Waals surface area contributed by atoms with Crippen LogP contribution in [-0.2, 0) is 43.5 Å². The zero-order valence-corrected chi connectivity index (χ0v) is 39.4. The molecule has 2 unspecified atom stereocenters. The molecule has 2 fully saturated rings. The lowest BCUT2D eigenvalue weighted by atomic mass is 9.95. The van der Waals surface area contributed by atoms with Crippen molar-refractivity contribution in [1.82, 2.24) is 28.9 Å². The molecule has 3 aromatic carbocycles. The summed E-state index contributed by atoms with van der Waals surface area (Å²) >= 11 is 0. The van der Waals surface area contributed by atoms with Crippen molar-refractivity contribution in [3.8, 4) is 0 Å². The first-order chi connectivity index (χ1) is 29.2. The summed E-state index contributed by atoms with van der Waals surface area (Å²) in [6.45, 7) is 18.6. The maximum absolute atomic E-state index is 13.3. The number of rotatable bonds is 9. The second-order valence-corrected chi connectivity index (χ2v) is 21.0. The summed E-state index contributed by atoms with van der Waals surface area (Å²) in [5.74, 6) is 1.88. The lowest BCUT2D eigenvalue weighted by molar-refractivity contribution is -0.114. The smallest absolute Gasteiger partial charge is 0.411 e. The monoisotopic (exact) mass is 869 g/mol. The van der Waals surface area contributed by atoms with Gasteiger partial charge < -0.3 is 29.0 Å². The number of anilines is 3. The van der Waals surface area contributed by atoms with Crippen LogP contribution < -0.4 is 14.9 Å². The number of likely N-dealkylation sites (N-methyl/N-ethyl adjacent to an activating group) is 2. The quantitative estimate of drug-likeness (QED) is 0.149. The second-order valence-electron chi connectivity index (χ2n) is 19.0. The van der Waals surface area contributed by atoms with Crippen LogP contribution in [0.3, 0.4) is 0 Å². The lowest BCUT2D eigenvalue weighted by Gasteiger charge is -2.34. The predicted octanol–water partition coefficient (Wildman–Crippen LogP) is 8.60. The number of aromatic nitrogens is 4. The average molecular weight is 870 g/mol. The van der Waals surface area contributed by atoms with Crippen molar-refractivity contribution in [2.75, 3.05) is 56.3 Å². The Labute approximate surface area is 368 Å². The minimum atomic E-state index is -3.79. The van der Waals surface area contributed by atoms with Crippen LogP contribution in [0, 0.1) is 0 Å². The van der Waals surface area contributed by atoms with E-state index in [2.05, 4.69) is 89.9 Å². The van der Waals surface area contributed by atoms with E-state index in [4.69, 9.17) is 9.97 Å². The zero-order valence-electron chi connectivity index (χ0n) is 38.6. The van der Waals surface area contributed by atoms with Gasteiger partial charge >= 0.3 is 6.09 Å². The van der Waals surface area contributed by atoms with E-state index in [9.17, 15) is 18.0 Å². The Morgan fingerprint density at radius 3 is 1.68 bits per heavy atom. The van der Waals surface area contributed by atoms with E-state index in [-0.39, 0.29) is 21.6 Å². The second kappa shape index (κ2) is 18.8. The van der Waals surface area contributed by atoms with Crippen molar-refractivity contribution in [3.63, 3.8) is 0 Å². The van der Waals surface area contributed by atoms with E-state index in [1.54, 1.807) is 19.2 Å². The number of fused-ring (bicyclic) bond motifs is 2. The number of hydrogen-bond acceptors (Lipinski definition) is 9. The number of piperidine rings is 2. The highest BCUT2D eigenvalue weighted by atomic mass is 32.2. The molecule has 5 aromatic rings. The van der Waals surface area contributed by atoms with Crippen LogP contribution in [0.25, 0.3) is 22.1 Å². The van der Waals surface area contributed by atoms with Gasteiger partial charge in [-0.2, -0.15) is 0 Å². The number of amides is 2. The molecule has 2 aromatic heterocycles. The Balaban J connectivity index is 0.000000218. The number of nitrogens with one attached hydrogen (secondary N) is 2. The van der Waals surface area contributed by atoms with E-state index in [0.29, 0.717) is 29.1 Å². The van der Waals surface area contributed by atoms with E-state index in [1.165, 1.54) is 69.0 Å². The Hall–Kier alpha value is -4.99. The third-order valence-corrected chi connectivity index (χ3v) is 13.9. The molecule has 62 heavy (non-hydrogen) atoms. The summed E-state index contributed by atoms with van der Waals surface area (Å²) < 4.78 is 37.3. The number of imidazole rings is 2. The predicted molar refractivity (Wildman–Crippen MR) is 250 cm³/mol. The first-order valence-corrected chi connectivity index (χ1v) is 23.2. The summed E-state index contributed by atoms with van der Waals surface area (Å²) in [6, 6.07) is 18.7. The largest absolute Gasteiger partial charge is 0.453 e. The molecule has 7 rings (SSSR count). The third kappa shape index (κ3) is 10.6. The number of methoxy groups -OCH3 is 1. The van der Waals surface area contributed by atoms with Crippen LogP contribution >= 0.6 is 0 Å². The van der Waals surface area contributed by atoms with Gasteiger partial charge in [0.15, 0.2) is 0 Å². The maximum Gasteiger partial charge on any atom is 0.411 e. The van der Waals surface area contributed by atoms with E-state index in [1.807, 2.05) is 36.4 Å². The molecular weight excluding hydrogens is 803 g/mol. The highest BCUT2D eigenvalue weighted by Crippen LogP contribution is 2.33. The molecule has 2 saturated heterocycles. The number of carbonyl (C=O) groups is 2. The van der Waals surface area contributed by atoms with Crippen LogP contribution in [0.15, 0.2) is 65.6 Å². The molecule has 336 valence electrons. The molecule has 2 atom stereocenters. The fraction of sp³-hybridized carbons (Fsp3) is 0.532. The van der Waals surface area contributed by atoms with Gasteiger partial charge in [0.2, 0.25) is 5.91 Å². The van der Waals surface area contributed by atoms with Crippen molar-refractivity contribution >= 4 is 61.2 Å². The fourth-order valence-electron chi connectivity index (χ4n) is 8.59. The maximum atomic E-state index is 13.3. The molecule has 2 amide bonds. The Bertz CT molecular complexity index is 2480. The molecule has 0 bridgehead atoms. The molecule has 2 aliphatic rings. The molecular formula is C47H67N9O5S. The Kier molecular flexibility index (Phi) is 14.1. The van der Waals surface area contributed by atoms with E-state index >= 15 is 0 Å². The fourth-order valence-corrected chi connectivity index (χ4v) is 9.77. The number of likely N-dealkylation sites (tertiary alicyclic amines) is 2. The number of benzene rings is 3. The number of carbonyl (C=O) groups excluding carboxylic acids is 2. The van der Waals surface area contributed by atoms with Gasteiger partial charge in [0, 0.05) is 61.3 Å². The number of sulfonamides is 1. The summed E-state index contributed by atoms with van der Waals surface area (Å²) in [5.41, 5.74) is 5.42. The van der Waals surface area contributed by atoms with Gasteiger partial charge in [-0.05, 0) is 114 Å². The zero-order chi connectivity index (χ0) is 45.1. The van der Waals surface area contributed by atoms with Crippen molar-refractivity contribution in [2.24, 2.45) is 0 Å². The topological polar surface area (TPSA) is 147 Å². The number of ether oxygens (including phenoxy) is 1. The minimum Gasteiger partial charge on any atom is -0.453 e. The van der Waals surface area contributed by atoms with Crippen molar-refractivity contribution in [3.05, 3.63) is 72.3 Å². The molecule has 0 aliphatic carbocycles. The molecule has 0 spiro atoms. The first-order valence-electron chi connectivity index (χ1n) is 21.8. The van der Waals surface area contributed by atoms with Gasteiger partial charge in [-0.15, -0.1) is 0 Å². The molecule has 0 saturated carbocycles. The normalized spacial score (nSPS) is 18.0. The van der Waals surface area contributed by atoms with Crippen LogP contribution in [0.4, 0.5) is 21.9 Å². The molecule has 2 N–H and O–H groups in total. The van der Waals surface area contributed by atoms with Crippen molar-refractivity contribution in [2.45, 2.75) is 128 Å². The lowest BCUT2D eigenvalue weighted by Crippen LogP contribution is -2.40. The average Bonchev–Trinajstić information content (AvgIpc) is 3.77. The van der Waals surface area contributed by atoms with Gasteiger partial charge in [0.05, 0.1) is 39.8 Å². The Morgan fingerprint density at radius 1 is 0.726 bits per heavy atom.